The fourth-order valence-electron chi connectivity index (χ4n) is 2.66. The summed E-state index contributed by atoms with van der Waals surface area (Å²) < 4.78 is 0. The summed E-state index contributed by atoms with van der Waals surface area (Å²) in [5.41, 5.74) is 12.4. The van der Waals surface area contributed by atoms with Crippen molar-refractivity contribution in [1.82, 2.24) is 4.98 Å². The Kier molecular flexibility index (Phi) is 6.10. The molecule has 0 fully saturated rings. The highest BCUT2D eigenvalue weighted by Crippen LogP contribution is 2.27. The average Bonchev–Trinajstić information content (AvgIpc) is 2.59. The van der Waals surface area contributed by atoms with E-state index in [1.807, 2.05) is 13.1 Å². The molecule has 0 radical (unpaired) electrons. The van der Waals surface area contributed by atoms with E-state index in [-0.39, 0.29) is 0 Å². The van der Waals surface area contributed by atoms with Gasteiger partial charge in [-0.15, -0.1) is 0 Å². The van der Waals surface area contributed by atoms with Crippen molar-refractivity contribution in [3.8, 4) is 11.1 Å². The van der Waals surface area contributed by atoms with Crippen LogP contribution in [-0.4, -0.2) is 11.5 Å². The molecule has 2 N–H and O–H groups in total. The zero-order chi connectivity index (χ0) is 17.7. The van der Waals surface area contributed by atoms with E-state index in [2.05, 4.69) is 75.1 Å². The van der Waals surface area contributed by atoms with Crippen LogP contribution in [0.4, 0.5) is 0 Å². The molecule has 2 heteroatoms. The summed E-state index contributed by atoms with van der Waals surface area (Å²) in [4.78, 5) is 4.51. The minimum atomic E-state index is 0.574. The van der Waals surface area contributed by atoms with Crippen LogP contribution in [0.15, 0.2) is 48.7 Å². The number of aromatic nitrogens is 1. The van der Waals surface area contributed by atoms with Gasteiger partial charge in [-0.3, -0.25) is 4.98 Å². The molecule has 2 nitrogen and oxygen atoms in total. The maximum Gasteiger partial charge on any atom is 0.0705 e. The second-order valence-electron chi connectivity index (χ2n) is 6.48. The highest BCUT2D eigenvalue weighted by atomic mass is 14.6. The molecule has 126 valence electrons. The lowest BCUT2D eigenvalue weighted by atomic mass is 9.97. The van der Waals surface area contributed by atoms with Crippen molar-refractivity contribution >= 4 is 10.9 Å². The summed E-state index contributed by atoms with van der Waals surface area (Å²) in [5, 5.41) is 1.25. The van der Waals surface area contributed by atoms with E-state index in [4.69, 9.17) is 5.73 Å². The number of benzene rings is 2. The van der Waals surface area contributed by atoms with Gasteiger partial charge in [0.15, 0.2) is 0 Å². The predicted molar refractivity (Wildman–Crippen MR) is 105 cm³/mol. The Balaban J connectivity index is 0.000000647. The Morgan fingerprint density at radius 2 is 1.54 bits per heavy atom. The van der Waals surface area contributed by atoms with E-state index >= 15 is 0 Å². The van der Waals surface area contributed by atoms with Crippen molar-refractivity contribution in [3.05, 3.63) is 65.4 Å². The van der Waals surface area contributed by atoms with Crippen molar-refractivity contribution in [2.24, 2.45) is 5.73 Å². The second-order valence-corrected chi connectivity index (χ2v) is 6.48. The lowest BCUT2D eigenvalue weighted by Crippen LogP contribution is -1.89. The van der Waals surface area contributed by atoms with Crippen molar-refractivity contribution in [1.29, 1.82) is 0 Å². The van der Waals surface area contributed by atoms with Crippen LogP contribution in [0.2, 0.25) is 0 Å². The zero-order valence-corrected chi connectivity index (χ0v) is 15.4. The molecule has 1 heterocycles. The number of hydrogen-bond donors (Lipinski definition) is 1. The number of pyridine rings is 1. The highest BCUT2D eigenvalue weighted by Gasteiger charge is 2.05. The third-order valence-corrected chi connectivity index (χ3v) is 4.30. The van der Waals surface area contributed by atoms with E-state index in [0.29, 0.717) is 5.92 Å². The topological polar surface area (TPSA) is 38.9 Å². The first-order valence-corrected chi connectivity index (χ1v) is 8.64. The number of rotatable bonds is 2. The third-order valence-electron chi connectivity index (χ3n) is 4.30. The quantitative estimate of drug-likeness (QED) is 0.667. The number of hydrogen-bond acceptors (Lipinski definition) is 2. The van der Waals surface area contributed by atoms with Crippen LogP contribution in [0.5, 0.6) is 0 Å². The van der Waals surface area contributed by atoms with Gasteiger partial charge in [-0.05, 0) is 66.3 Å². The molecule has 0 unspecified atom stereocenters. The molecule has 0 saturated heterocycles. The minimum Gasteiger partial charge on any atom is -0.331 e. The van der Waals surface area contributed by atoms with Gasteiger partial charge in [0, 0.05) is 11.6 Å². The van der Waals surface area contributed by atoms with E-state index < -0.39 is 0 Å². The van der Waals surface area contributed by atoms with Gasteiger partial charge in [0.2, 0.25) is 0 Å². The van der Waals surface area contributed by atoms with Crippen LogP contribution in [0, 0.1) is 13.8 Å². The second kappa shape index (κ2) is 8.07. The Labute approximate surface area is 145 Å². The van der Waals surface area contributed by atoms with E-state index in [1.165, 1.54) is 33.2 Å². The molecular weight excluding hydrogens is 292 g/mol. The Bertz CT molecular complexity index is 802. The summed E-state index contributed by atoms with van der Waals surface area (Å²) >= 11 is 0. The van der Waals surface area contributed by atoms with Crippen molar-refractivity contribution in [2.75, 3.05) is 6.54 Å². The normalized spacial score (nSPS) is 10.6. The molecule has 0 aliphatic rings. The van der Waals surface area contributed by atoms with Gasteiger partial charge in [0.25, 0.3) is 0 Å². The van der Waals surface area contributed by atoms with E-state index in [9.17, 15) is 0 Å². The molecular formula is C22H28N2. The van der Waals surface area contributed by atoms with Crippen LogP contribution in [0.3, 0.4) is 0 Å². The summed E-state index contributed by atoms with van der Waals surface area (Å²) in [6, 6.07) is 15.4. The summed E-state index contributed by atoms with van der Waals surface area (Å²) in [5.74, 6) is 0.574. The van der Waals surface area contributed by atoms with Gasteiger partial charge in [-0.2, -0.15) is 0 Å². The molecule has 1 aromatic heterocycles. The fraction of sp³-hybridized carbons (Fsp3) is 0.318. The Morgan fingerprint density at radius 1 is 0.958 bits per heavy atom. The largest absolute Gasteiger partial charge is 0.331 e. The predicted octanol–water partition coefficient (Wildman–Crippen LogP) is 5.61. The highest BCUT2D eigenvalue weighted by molar-refractivity contribution is 5.87. The van der Waals surface area contributed by atoms with Gasteiger partial charge in [-0.25, -0.2) is 0 Å². The maximum atomic E-state index is 4.85. The van der Waals surface area contributed by atoms with Crippen molar-refractivity contribution in [2.45, 2.75) is 40.5 Å². The molecule has 0 atom stereocenters. The number of aryl methyl sites for hydroxylation is 2. The zero-order valence-electron chi connectivity index (χ0n) is 15.4. The fourth-order valence-corrected chi connectivity index (χ4v) is 2.66. The Morgan fingerprint density at radius 3 is 2.12 bits per heavy atom. The standard InChI is InChI=1S/C20H21N.C2H7N/c1-13(2)16-5-7-17(8-6-16)18-9-10-20-19(11-18)15(4)14(3)12-21-20;1-2-3/h5-13H,1-4H3;2-3H2,1H3. The molecule has 24 heavy (non-hydrogen) atoms. The smallest absolute Gasteiger partial charge is 0.0705 e. The lowest BCUT2D eigenvalue weighted by Gasteiger charge is -2.10. The lowest BCUT2D eigenvalue weighted by molar-refractivity contribution is 0.867. The van der Waals surface area contributed by atoms with Gasteiger partial charge < -0.3 is 5.73 Å². The third kappa shape index (κ3) is 4.01. The molecule has 0 aliphatic carbocycles. The van der Waals surface area contributed by atoms with Crippen molar-refractivity contribution < 1.29 is 0 Å². The molecule has 0 saturated carbocycles. The molecule has 0 amide bonds. The SMILES string of the molecule is CCN.Cc1cnc2ccc(-c3ccc(C(C)C)cc3)cc2c1C. The molecule has 0 aliphatic heterocycles. The van der Waals surface area contributed by atoms with Crippen LogP contribution in [0.1, 0.15) is 43.4 Å². The van der Waals surface area contributed by atoms with Crippen LogP contribution in [-0.2, 0) is 0 Å². The van der Waals surface area contributed by atoms with Crippen molar-refractivity contribution in [3.63, 3.8) is 0 Å². The monoisotopic (exact) mass is 320 g/mol. The molecule has 3 rings (SSSR count). The first-order chi connectivity index (χ1) is 11.5. The Hall–Kier alpha value is -2.19. The van der Waals surface area contributed by atoms with Gasteiger partial charge in [0.1, 0.15) is 0 Å². The summed E-state index contributed by atoms with van der Waals surface area (Å²) in [6.07, 6.45) is 1.95. The van der Waals surface area contributed by atoms with E-state index in [0.717, 1.165) is 12.1 Å². The number of nitrogens with zero attached hydrogens (tertiary/aromatic N) is 1. The van der Waals surface area contributed by atoms with Gasteiger partial charge in [-0.1, -0.05) is 51.1 Å². The molecule has 0 spiro atoms. The summed E-state index contributed by atoms with van der Waals surface area (Å²) in [6.45, 7) is 11.4. The van der Waals surface area contributed by atoms with Crippen LogP contribution >= 0.6 is 0 Å². The summed E-state index contributed by atoms with van der Waals surface area (Å²) in [7, 11) is 0. The molecule has 0 bridgehead atoms. The van der Waals surface area contributed by atoms with Crippen LogP contribution < -0.4 is 5.73 Å². The molecule has 3 aromatic rings. The first-order valence-electron chi connectivity index (χ1n) is 8.64. The molecule has 2 aromatic carbocycles. The van der Waals surface area contributed by atoms with E-state index in [1.54, 1.807) is 0 Å². The van der Waals surface area contributed by atoms with Crippen LogP contribution in [0.25, 0.3) is 22.0 Å². The van der Waals surface area contributed by atoms with Gasteiger partial charge >= 0.3 is 0 Å². The minimum absolute atomic E-state index is 0.574. The number of nitrogens with two attached hydrogens (primary N) is 1. The average molecular weight is 320 g/mol. The first kappa shape index (κ1) is 18.2. The number of fused-ring (bicyclic) bond motifs is 1. The van der Waals surface area contributed by atoms with Gasteiger partial charge in [0.05, 0.1) is 5.52 Å². The maximum absolute atomic E-state index is 4.85.